The lowest BCUT2D eigenvalue weighted by Gasteiger charge is -2.11. The zero-order valence-electron chi connectivity index (χ0n) is 9.92. The number of phenolic OH excluding ortho intramolecular Hbond substituents is 1. The van der Waals surface area contributed by atoms with Crippen LogP contribution in [0.4, 0.5) is 13.2 Å². The van der Waals surface area contributed by atoms with Crippen LogP contribution in [0.15, 0.2) is 36.4 Å². The fourth-order valence-electron chi connectivity index (χ4n) is 1.77. The first kappa shape index (κ1) is 13.7. The molecular weight excluding hydrogens is 277 g/mol. The summed E-state index contributed by atoms with van der Waals surface area (Å²) in [4.78, 5) is 0. The fourth-order valence-corrected chi connectivity index (χ4v) is 1.88. The largest absolute Gasteiger partial charge is 0.508 e. The Labute approximate surface area is 113 Å². The molecule has 5 heteroatoms. The standard InChI is InChI=1S/C14H10ClF3O/c1-8-4-9(2-3-13(8)15)10-5-11(14(16,17)18)7-12(19)6-10/h2-7,19H,1H3. The zero-order chi connectivity index (χ0) is 14.2. The average molecular weight is 287 g/mol. The number of aromatic hydroxyl groups is 1. The highest BCUT2D eigenvalue weighted by Crippen LogP contribution is 2.35. The Morgan fingerprint density at radius 3 is 2.26 bits per heavy atom. The molecule has 100 valence electrons. The number of alkyl halides is 3. The van der Waals surface area contributed by atoms with Gasteiger partial charge in [-0.15, -0.1) is 0 Å². The number of hydrogen-bond acceptors (Lipinski definition) is 1. The predicted octanol–water partition coefficient (Wildman–Crippen LogP) is 5.04. The maximum atomic E-state index is 12.7. The predicted molar refractivity (Wildman–Crippen MR) is 68.3 cm³/mol. The van der Waals surface area contributed by atoms with Crippen molar-refractivity contribution in [3.05, 3.63) is 52.5 Å². The van der Waals surface area contributed by atoms with Crippen LogP contribution in [0.2, 0.25) is 5.02 Å². The number of benzene rings is 2. The lowest BCUT2D eigenvalue weighted by Crippen LogP contribution is -2.04. The second kappa shape index (κ2) is 4.78. The van der Waals surface area contributed by atoms with Gasteiger partial charge in [0.2, 0.25) is 0 Å². The van der Waals surface area contributed by atoms with Crippen molar-refractivity contribution in [2.75, 3.05) is 0 Å². The van der Waals surface area contributed by atoms with Gasteiger partial charge in [0, 0.05) is 5.02 Å². The highest BCUT2D eigenvalue weighted by Gasteiger charge is 2.31. The van der Waals surface area contributed by atoms with Crippen molar-refractivity contribution in [1.82, 2.24) is 0 Å². The third kappa shape index (κ3) is 3.01. The van der Waals surface area contributed by atoms with Crippen molar-refractivity contribution in [2.24, 2.45) is 0 Å². The van der Waals surface area contributed by atoms with Crippen molar-refractivity contribution < 1.29 is 18.3 Å². The van der Waals surface area contributed by atoms with Gasteiger partial charge in [-0.3, -0.25) is 0 Å². The van der Waals surface area contributed by atoms with E-state index in [1.54, 1.807) is 25.1 Å². The number of aryl methyl sites for hydroxylation is 1. The van der Waals surface area contributed by atoms with Gasteiger partial charge in [0.25, 0.3) is 0 Å². The molecule has 0 heterocycles. The number of rotatable bonds is 1. The number of phenols is 1. The van der Waals surface area contributed by atoms with Crippen LogP contribution >= 0.6 is 11.6 Å². The maximum absolute atomic E-state index is 12.7. The van der Waals surface area contributed by atoms with Gasteiger partial charge in [0.05, 0.1) is 5.56 Å². The summed E-state index contributed by atoms with van der Waals surface area (Å²) in [5.41, 5.74) is 0.751. The molecule has 19 heavy (non-hydrogen) atoms. The van der Waals surface area contributed by atoms with Crippen LogP contribution in [0.1, 0.15) is 11.1 Å². The summed E-state index contributed by atoms with van der Waals surface area (Å²) in [6.07, 6.45) is -4.49. The first-order valence-corrected chi connectivity index (χ1v) is 5.83. The molecule has 0 atom stereocenters. The molecule has 2 rings (SSSR count). The Morgan fingerprint density at radius 1 is 1.00 bits per heavy atom. The summed E-state index contributed by atoms with van der Waals surface area (Å²) in [5.74, 6) is -0.419. The van der Waals surface area contributed by atoms with E-state index < -0.39 is 17.5 Å². The summed E-state index contributed by atoms with van der Waals surface area (Å²) in [7, 11) is 0. The maximum Gasteiger partial charge on any atom is 0.416 e. The summed E-state index contributed by atoms with van der Waals surface area (Å²) in [5, 5.41) is 9.96. The molecule has 0 aliphatic carbocycles. The molecule has 0 saturated carbocycles. The van der Waals surface area contributed by atoms with Crippen LogP contribution < -0.4 is 0 Å². The Morgan fingerprint density at radius 2 is 1.68 bits per heavy atom. The minimum absolute atomic E-state index is 0.298. The molecule has 0 bridgehead atoms. The van der Waals surface area contributed by atoms with Crippen LogP contribution in [-0.2, 0) is 6.18 Å². The second-order valence-corrected chi connectivity index (χ2v) is 4.64. The minimum atomic E-state index is -4.49. The van der Waals surface area contributed by atoms with Gasteiger partial charge < -0.3 is 5.11 Å². The zero-order valence-corrected chi connectivity index (χ0v) is 10.7. The summed E-state index contributed by atoms with van der Waals surface area (Å²) in [6.45, 7) is 1.76. The minimum Gasteiger partial charge on any atom is -0.508 e. The van der Waals surface area contributed by atoms with Crippen molar-refractivity contribution in [3.63, 3.8) is 0 Å². The fraction of sp³-hybridized carbons (Fsp3) is 0.143. The van der Waals surface area contributed by atoms with E-state index in [0.29, 0.717) is 22.2 Å². The lowest BCUT2D eigenvalue weighted by atomic mass is 10.0. The van der Waals surface area contributed by atoms with Gasteiger partial charge in [-0.05, 0) is 53.9 Å². The van der Waals surface area contributed by atoms with Crippen LogP contribution in [0.5, 0.6) is 5.75 Å². The van der Waals surface area contributed by atoms with E-state index >= 15 is 0 Å². The number of hydrogen-bond donors (Lipinski definition) is 1. The average Bonchev–Trinajstić information content (AvgIpc) is 2.31. The molecule has 2 aromatic carbocycles. The quantitative estimate of drug-likeness (QED) is 0.778. The van der Waals surface area contributed by atoms with Crippen molar-refractivity contribution in [2.45, 2.75) is 13.1 Å². The smallest absolute Gasteiger partial charge is 0.416 e. The molecule has 0 saturated heterocycles. The van der Waals surface area contributed by atoms with Gasteiger partial charge in [-0.2, -0.15) is 13.2 Å². The van der Waals surface area contributed by atoms with E-state index in [1.165, 1.54) is 6.07 Å². The molecule has 0 unspecified atom stereocenters. The molecule has 1 N–H and O–H groups in total. The Bertz CT molecular complexity index is 621. The molecule has 0 spiro atoms. The van der Waals surface area contributed by atoms with Crippen molar-refractivity contribution in [1.29, 1.82) is 0 Å². The highest BCUT2D eigenvalue weighted by molar-refractivity contribution is 6.31. The van der Waals surface area contributed by atoms with E-state index in [1.807, 2.05) is 0 Å². The molecule has 0 amide bonds. The third-order valence-electron chi connectivity index (χ3n) is 2.74. The normalized spacial score (nSPS) is 11.6. The Balaban J connectivity index is 2.56. The van der Waals surface area contributed by atoms with E-state index in [4.69, 9.17) is 11.6 Å². The van der Waals surface area contributed by atoms with Gasteiger partial charge in [-0.25, -0.2) is 0 Å². The first-order valence-electron chi connectivity index (χ1n) is 5.45. The molecule has 2 aromatic rings. The van der Waals surface area contributed by atoms with Gasteiger partial charge >= 0.3 is 6.18 Å². The molecule has 0 aliphatic rings. The summed E-state index contributed by atoms with van der Waals surface area (Å²) >= 11 is 5.87. The van der Waals surface area contributed by atoms with Crippen LogP contribution in [0.3, 0.4) is 0 Å². The third-order valence-corrected chi connectivity index (χ3v) is 3.16. The molecule has 1 nitrogen and oxygen atoms in total. The van der Waals surface area contributed by atoms with Crippen LogP contribution in [-0.4, -0.2) is 5.11 Å². The molecule has 0 radical (unpaired) electrons. The van der Waals surface area contributed by atoms with Crippen LogP contribution in [0, 0.1) is 6.92 Å². The van der Waals surface area contributed by atoms with Crippen molar-refractivity contribution in [3.8, 4) is 16.9 Å². The highest BCUT2D eigenvalue weighted by atomic mass is 35.5. The SMILES string of the molecule is Cc1cc(-c2cc(O)cc(C(F)(F)F)c2)ccc1Cl. The van der Waals surface area contributed by atoms with Gasteiger partial charge in [0.1, 0.15) is 5.75 Å². The molecule has 0 fully saturated rings. The van der Waals surface area contributed by atoms with E-state index in [0.717, 1.165) is 11.6 Å². The van der Waals surface area contributed by atoms with E-state index in [-0.39, 0.29) is 0 Å². The van der Waals surface area contributed by atoms with Crippen molar-refractivity contribution >= 4 is 11.6 Å². The first-order chi connectivity index (χ1) is 8.77. The Hall–Kier alpha value is -1.68. The summed E-state index contributed by atoms with van der Waals surface area (Å²) < 4.78 is 38.0. The Kier molecular flexibility index (Phi) is 3.45. The summed E-state index contributed by atoms with van der Waals surface area (Å²) in [6, 6.07) is 7.90. The van der Waals surface area contributed by atoms with Gasteiger partial charge in [-0.1, -0.05) is 17.7 Å². The topological polar surface area (TPSA) is 20.2 Å². The molecule has 0 aromatic heterocycles. The van der Waals surface area contributed by atoms with E-state index in [9.17, 15) is 18.3 Å². The second-order valence-electron chi connectivity index (χ2n) is 4.23. The number of halogens is 4. The molecule has 0 aliphatic heterocycles. The van der Waals surface area contributed by atoms with E-state index in [2.05, 4.69) is 0 Å². The van der Waals surface area contributed by atoms with Crippen LogP contribution in [0.25, 0.3) is 11.1 Å². The lowest BCUT2D eigenvalue weighted by molar-refractivity contribution is -0.137. The van der Waals surface area contributed by atoms with Gasteiger partial charge in [0.15, 0.2) is 0 Å². The molecular formula is C14H10ClF3O. The monoisotopic (exact) mass is 286 g/mol.